The van der Waals surface area contributed by atoms with Crippen molar-refractivity contribution in [1.82, 2.24) is 9.78 Å². The second-order valence-electron chi connectivity index (χ2n) is 4.10. The highest BCUT2D eigenvalue weighted by molar-refractivity contribution is 6.00. The van der Waals surface area contributed by atoms with Crippen molar-refractivity contribution < 1.29 is 4.74 Å². The topological polar surface area (TPSA) is 80.2 Å². The highest BCUT2D eigenvalue weighted by atomic mass is 16.5. The molecule has 1 aromatic heterocycles. The number of aryl methyl sites for hydroxylation is 2. The van der Waals surface area contributed by atoms with E-state index in [1.807, 2.05) is 20.9 Å². The van der Waals surface area contributed by atoms with Gasteiger partial charge in [0.1, 0.15) is 11.7 Å². The molecular weight excluding hydrogens is 230 g/mol. The summed E-state index contributed by atoms with van der Waals surface area (Å²) in [5.74, 6) is 0.952. The van der Waals surface area contributed by atoms with Crippen LogP contribution in [0.15, 0.2) is 0 Å². The van der Waals surface area contributed by atoms with Gasteiger partial charge in [-0.15, -0.1) is 0 Å². The van der Waals surface area contributed by atoms with E-state index >= 15 is 0 Å². The molecule has 6 nitrogen and oxygen atoms in total. The van der Waals surface area contributed by atoms with Crippen LogP contribution in [0.5, 0.6) is 0 Å². The zero-order valence-corrected chi connectivity index (χ0v) is 11.7. The zero-order chi connectivity index (χ0) is 13.7. The molecule has 18 heavy (non-hydrogen) atoms. The minimum atomic E-state index is 0.0606. The van der Waals surface area contributed by atoms with E-state index < -0.39 is 0 Å². The normalized spacial score (nSPS) is 10.7. The van der Waals surface area contributed by atoms with Crippen molar-refractivity contribution in [1.29, 1.82) is 5.41 Å². The Morgan fingerprint density at radius 3 is 2.67 bits per heavy atom. The van der Waals surface area contributed by atoms with Gasteiger partial charge in [0.05, 0.1) is 17.9 Å². The van der Waals surface area contributed by atoms with E-state index in [0.29, 0.717) is 13.2 Å². The quantitative estimate of drug-likeness (QED) is 0.429. The van der Waals surface area contributed by atoms with E-state index in [1.165, 1.54) is 0 Å². The first-order valence-electron chi connectivity index (χ1n) is 6.23. The lowest BCUT2D eigenvalue weighted by Crippen LogP contribution is -2.31. The fourth-order valence-electron chi connectivity index (χ4n) is 2.06. The molecule has 0 saturated heterocycles. The van der Waals surface area contributed by atoms with Crippen LogP contribution in [0.2, 0.25) is 0 Å². The Morgan fingerprint density at radius 1 is 1.50 bits per heavy atom. The number of likely N-dealkylation sites (N-methyl/N-ethyl adjacent to an activating group) is 1. The standard InChI is InChI=1S/C12H23N5O/c1-5-17(7-8-18-6-2)12-10(11(13)14)9(3)15-16(12)4/h5-8H2,1-4H3,(H3,13,14). The monoisotopic (exact) mass is 253 g/mol. The molecule has 0 radical (unpaired) electrons. The van der Waals surface area contributed by atoms with E-state index in [9.17, 15) is 0 Å². The van der Waals surface area contributed by atoms with Crippen molar-refractivity contribution in [2.45, 2.75) is 20.8 Å². The fourth-order valence-corrected chi connectivity index (χ4v) is 2.06. The first-order valence-corrected chi connectivity index (χ1v) is 6.23. The van der Waals surface area contributed by atoms with Crippen LogP contribution < -0.4 is 10.6 Å². The number of ether oxygens (including phenoxy) is 1. The number of nitrogens with one attached hydrogen (secondary N) is 1. The molecular formula is C12H23N5O. The number of nitrogens with two attached hydrogens (primary N) is 1. The first kappa shape index (κ1) is 14.5. The molecule has 0 atom stereocenters. The molecule has 0 spiro atoms. The number of rotatable bonds is 7. The van der Waals surface area contributed by atoms with Crippen molar-refractivity contribution in [2.75, 3.05) is 31.2 Å². The lowest BCUT2D eigenvalue weighted by Gasteiger charge is -2.24. The van der Waals surface area contributed by atoms with E-state index in [0.717, 1.165) is 30.2 Å². The summed E-state index contributed by atoms with van der Waals surface area (Å²) in [6.07, 6.45) is 0. The molecule has 0 aliphatic rings. The van der Waals surface area contributed by atoms with Gasteiger partial charge in [-0.25, -0.2) is 0 Å². The molecule has 0 saturated carbocycles. The highest BCUT2D eigenvalue weighted by Crippen LogP contribution is 2.22. The van der Waals surface area contributed by atoms with Crippen molar-refractivity contribution in [3.05, 3.63) is 11.3 Å². The van der Waals surface area contributed by atoms with Gasteiger partial charge >= 0.3 is 0 Å². The van der Waals surface area contributed by atoms with E-state index in [-0.39, 0.29) is 5.84 Å². The molecule has 1 heterocycles. The summed E-state index contributed by atoms with van der Waals surface area (Å²) >= 11 is 0. The third-order valence-electron chi connectivity index (χ3n) is 2.85. The van der Waals surface area contributed by atoms with E-state index in [2.05, 4.69) is 16.9 Å². The van der Waals surface area contributed by atoms with Crippen molar-refractivity contribution >= 4 is 11.7 Å². The maximum absolute atomic E-state index is 7.68. The smallest absolute Gasteiger partial charge is 0.137 e. The van der Waals surface area contributed by atoms with Gasteiger partial charge in [0.15, 0.2) is 0 Å². The van der Waals surface area contributed by atoms with Crippen molar-refractivity contribution in [3.8, 4) is 0 Å². The van der Waals surface area contributed by atoms with Gasteiger partial charge in [-0.05, 0) is 20.8 Å². The van der Waals surface area contributed by atoms with Gasteiger partial charge in [0.25, 0.3) is 0 Å². The second-order valence-corrected chi connectivity index (χ2v) is 4.10. The Balaban J connectivity index is 3.00. The summed E-state index contributed by atoms with van der Waals surface area (Å²) in [4.78, 5) is 2.13. The number of hydrogen-bond acceptors (Lipinski definition) is 4. The van der Waals surface area contributed by atoms with Gasteiger partial charge in [0.2, 0.25) is 0 Å². The second kappa shape index (κ2) is 6.39. The van der Waals surface area contributed by atoms with Crippen LogP contribution in [0.3, 0.4) is 0 Å². The van der Waals surface area contributed by atoms with E-state index in [4.69, 9.17) is 15.9 Å². The number of hydrogen-bond donors (Lipinski definition) is 2. The summed E-state index contributed by atoms with van der Waals surface area (Å²) in [7, 11) is 1.87. The molecule has 6 heteroatoms. The summed E-state index contributed by atoms with van der Waals surface area (Å²) in [6, 6.07) is 0. The van der Waals surface area contributed by atoms with Crippen LogP contribution in [-0.4, -0.2) is 41.9 Å². The zero-order valence-electron chi connectivity index (χ0n) is 11.7. The molecule has 0 aliphatic carbocycles. The maximum Gasteiger partial charge on any atom is 0.137 e. The number of amidine groups is 1. The Kier molecular flexibility index (Phi) is 5.15. The number of aromatic nitrogens is 2. The predicted octanol–water partition coefficient (Wildman–Crippen LogP) is 0.875. The summed E-state index contributed by atoms with van der Waals surface area (Å²) < 4.78 is 7.16. The molecule has 1 rings (SSSR count). The van der Waals surface area contributed by atoms with Gasteiger partial charge in [0, 0.05) is 26.7 Å². The summed E-state index contributed by atoms with van der Waals surface area (Å²) in [5, 5.41) is 12.0. The minimum absolute atomic E-state index is 0.0606. The lowest BCUT2D eigenvalue weighted by atomic mass is 10.2. The fraction of sp³-hybridized carbons (Fsp3) is 0.667. The molecule has 102 valence electrons. The number of anilines is 1. The molecule has 0 bridgehead atoms. The van der Waals surface area contributed by atoms with Crippen LogP contribution in [0.4, 0.5) is 5.82 Å². The highest BCUT2D eigenvalue weighted by Gasteiger charge is 2.20. The predicted molar refractivity (Wildman–Crippen MR) is 73.3 cm³/mol. The molecule has 0 amide bonds. The summed E-state index contributed by atoms with van der Waals surface area (Å²) in [6.45, 7) is 8.88. The molecule has 1 aromatic rings. The van der Waals surface area contributed by atoms with Crippen LogP contribution in [0, 0.1) is 12.3 Å². The molecule has 0 unspecified atom stereocenters. The van der Waals surface area contributed by atoms with Crippen molar-refractivity contribution in [3.63, 3.8) is 0 Å². The Labute approximate surface area is 108 Å². The SMILES string of the molecule is CCOCCN(CC)c1c(C(=N)N)c(C)nn1C. The Morgan fingerprint density at radius 2 is 2.17 bits per heavy atom. The van der Waals surface area contributed by atoms with Gasteiger partial charge in [-0.3, -0.25) is 10.1 Å². The van der Waals surface area contributed by atoms with Crippen LogP contribution in [0.25, 0.3) is 0 Å². The number of nitrogen functional groups attached to an aromatic ring is 1. The number of nitrogens with zero attached hydrogens (tertiary/aromatic N) is 3. The third kappa shape index (κ3) is 3.01. The molecule has 0 aliphatic heterocycles. The molecule has 0 aromatic carbocycles. The largest absolute Gasteiger partial charge is 0.384 e. The third-order valence-corrected chi connectivity index (χ3v) is 2.85. The van der Waals surface area contributed by atoms with Crippen LogP contribution in [-0.2, 0) is 11.8 Å². The van der Waals surface area contributed by atoms with Crippen molar-refractivity contribution in [2.24, 2.45) is 12.8 Å². The molecule has 0 fully saturated rings. The van der Waals surface area contributed by atoms with Gasteiger partial charge in [-0.2, -0.15) is 5.10 Å². The van der Waals surface area contributed by atoms with Crippen LogP contribution >= 0.6 is 0 Å². The molecule has 3 N–H and O–H groups in total. The lowest BCUT2D eigenvalue weighted by molar-refractivity contribution is 0.154. The Hall–Kier alpha value is -1.56. The van der Waals surface area contributed by atoms with E-state index in [1.54, 1.807) is 4.68 Å². The minimum Gasteiger partial charge on any atom is -0.384 e. The van der Waals surface area contributed by atoms with Gasteiger partial charge in [-0.1, -0.05) is 0 Å². The van der Waals surface area contributed by atoms with Crippen LogP contribution in [0.1, 0.15) is 25.1 Å². The van der Waals surface area contributed by atoms with Gasteiger partial charge < -0.3 is 15.4 Å². The average Bonchev–Trinajstić information content (AvgIpc) is 2.60. The Bertz CT molecular complexity index is 413. The average molecular weight is 253 g/mol. The maximum atomic E-state index is 7.68. The first-order chi connectivity index (χ1) is 8.52. The summed E-state index contributed by atoms with van der Waals surface area (Å²) in [5.41, 5.74) is 7.15.